The van der Waals surface area contributed by atoms with E-state index in [9.17, 15) is 0 Å². The molecule has 3 heteroatoms. The normalized spacial score (nSPS) is 12.1. The molecule has 12 heavy (non-hydrogen) atoms. The molecule has 0 saturated heterocycles. The molecule has 0 aliphatic carbocycles. The van der Waals surface area contributed by atoms with Crippen molar-refractivity contribution in [2.24, 2.45) is 7.05 Å². The van der Waals surface area contributed by atoms with Crippen LogP contribution < -0.4 is 0 Å². The van der Waals surface area contributed by atoms with Crippen LogP contribution in [-0.2, 0) is 12.5 Å². The molecule has 0 spiro atoms. The van der Waals surface area contributed by atoms with Crippen LogP contribution in [0.1, 0.15) is 25.2 Å². The molecule has 0 aliphatic heterocycles. The Kier molecular flexibility index (Phi) is 2.47. The van der Waals surface area contributed by atoms with Gasteiger partial charge < -0.3 is 0 Å². The summed E-state index contributed by atoms with van der Waals surface area (Å²) in [7, 11) is 1.95. The Balaban J connectivity index is 3.09. The van der Waals surface area contributed by atoms with E-state index < -0.39 is 0 Å². The highest BCUT2D eigenvalue weighted by Crippen LogP contribution is 2.24. The van der Waals surface area contributed by atoms with Crippen LogP contribution in [0.3, 0.4) is 0 Å². The topological polar surface area (TPSA) is 17.8 Å². The number of nitrogens with zero attached hydrogens (tertiary/aromatic N) is 2. The lowest BCUT2D eigenvalue weighted by Crippen LogP contribution is -2.22. The quantitative estimate of drug-likeness (QED) is 0.648. The van der Waals surface area contributed by atoms with Crippen molar-refractivity contribution in [3.8, 4) is 0 Å². The minimum absolute atomic E-state index is 0.0115. The van der Waals surface area contributed by atoms with Crippen LogP contribution in [0, 0.1) is 6.92 Å². The molecule has 0 N–H and O–H groups in total. The first-order chi connectivity index (χ1) is 5.47. The molecule has 1 heterocycles. The second-order valence-electron chi connectivity index (χ2n) is 3.81. The molecule has 1 aromatic rings. The van der Waals surface area contributed by atoms with Gasteiger partial charge in [0.15, 0.2) is 0 Å². The fourth-order valence-electron chi connectivity index (χ4n) is 1.31. The van der Waals surface area contributed by atoms with Gasteiger partial charge in [-0.15, -0.1) is 11.6 Å². The van der Waals surface area contributed by atoms with E-state index >= 15 is 0 Å². The Labute approximate surface area is 78.5 Å². The lowest BCUT2D eigenvalue weighted by molar-refractivity contribution is 0.528. The van der Waals surface area contributed by atoms with Gasteiger partial charge in [0, 0.05) is 24.0 Å². The number of alkyl halides is 1. The SMILES string of the molecule is Cc1cc(C(C)(C)CCl)n(C)n1. The molecule has 0 unspecified atom stereocenters. The zero-order chi connectivity index (χ0) is 9.35. The van der Waals surface area contributed by atoms with E-state index in [2.05, 4.69) is 25.0 Å². The summed E-state index contributed by atoms with van der Waals surface area (Å²) in [6.45, 7) is 6.24. The molecule has 0 bridgehead atoms. The number of rotatable bonds is 2. The Hall–Kier alpha value is -0.500. The van der Waals surface area contributed by atoms with Gasteiger partial charge in [-0.2, -0.15) is 5.10 Å². The van der Waals surface area contributed by atoms with Gasteiger partial charge in [0.2, 0.25) is 0 Å². The van der Waals surface area contributed by atoms with Crippen LogP contribution in [0.4, 0.5) is 0 Å². The molecule has 1 aromatic heterocycles. The first-order valence-corrected chi connectivity index (χ1v) is 4.58. The Morgan fingerprint density at radius 3 is 2.50 bits per heavy atom. The fraction of sp³-hybridized carbons (Fsp3) is 0.667. The first kappa shape index (κ1) is 9.59. The lowest BCUT2D eigenvalue weighted by Gasteiger charge is -2.21. The van der Waals surface area contributed by atoms with Crippen molar-refractivity contribution in [1.29, 1.82) is 0 Å². The average Bonchev–Trinajstić information content (AvgIpc) is 2.31. The van der Waals surface area contributed by atoms with Gasteiger partial charge in [-0.25, -0.2) is 0 Å². The molecule has 0 aliphatic rings. The zero-order valence-electron chi connectivity index (χ0n) is 8.06. The van der Waals surface area contributed by atoms with Gasteiger partial charge in [0.25, 0.3) is 0 Å². The van der Waals surface area contributed by atoms with Crippen LogP contribution in [0.15, 0.2) is 6.07 Å². The number of aromatic nitrogens is 2. The van der Waals surface area contributed by atoms with E-state index in [1.54, 1.807) is 0 Å². The predicted octanol–water partition coefficient (Wildman–Crippen LogP) is 2.24. The molecule has 0 atom stereocenters. The number of hydrogen-bond donors (Lipinski definition) is 0. The largest absolute Gasteiger partial charge is 0.272 e. The minimum Gasteiger partial charge on any atom is -0.272 e. The number of aryl methyl sites for hydroxylation is 2. The minimum atomic E-state index is 0.0115. The van der Waals surface area contributed by atoms with Crippen molar-refractivity contribution in [3.05, 3.63) is 17.5 Å². The van der Waals surface area contributed by atoms with Crippen molar-refractivity contribution in [2.45, 2.75) is 26.2 Å². The number of hydrogen-bond acceptors (Lipinski definition) is 1. The highest BCUT2D eigenvalue weighted by molar-refractivity contribution is 6.18. The predicted molar refractivity (Wildman–Crippen MR) is 51.7 cm³/mol. The Morgan fingerprint density at radius 1 is 1.58 bits per heavy atom. The maximum Gasteiger partial charge on any atom is 0.0596 e. The summed E-state index contributed by atoms with van der Waals surface area (Å²) in [5.74, 6) is 0.617. The molecule has 68 valence electrons. The average molecular weight is 187 g/mol. The second kappa shape index (κ2) is 3.09. The van der Waals surface area contributed by atoms with Crippen molar-refractivity contribution in [1.82, 2.24) is 9.78 Å². The summed E-state index contributed by atoms with van der Waals surface area (Å²) < 4.78 is 1.90. The highest BCUT2D eigenvalue weighted by Gasteiger charge is 2.23. The Morgan fingerprint density at radius 2 is 2.17 bits per heavy atom. The number of halogens is 1. The lowest BCUT2D eigenvalue weighted by atomic mass is 9.91. The van der Waals surface area contributed by atoms with Crippen LogP contribution >= 0.6 is 11.6 Å². The van der Waals surface area contributed by atoms with Gasteiger partial charge in [-0.05, 0) is 13.0 Å². The van der Waals surface area contributed by atoms with Gasteiger partial charge in [0.1, 0.15) is 0 Å². The third-order valence-corrected chi connectivity index (χ3v) is 2.70. The smallest absolute Gasteiger partial charge is 0.0596 e. The van der Waals surface area contributed by atoms with Gasteiger partial charge in [-0.1, -0.05) is 13.8 Å². The molecule has 1 rings (SSSR count). The molecule has 0 radical (unpaired) electrons. The molecular formula is C9H15ClN2. The Bertz CT molecular complexity index is 276. The summed E-state index contributed by atoms with van der Waals surface area (Å²) >= 11 is 5.87. The fourth-order valence-corrected chi connectivity index (χ4v) is 1.45. The summed E-state index contributed by atoms with van der Waals surface area (Å²) in [5, 5.41) is 4.28. The summed E-state index contributed by atoms with van der Waals surface area (Å²) in [4.78, 5) is 0. The maximum absolute atomic E-state index is 5.87. The zero-order valence-corrected chi connectivity index (χ0v) is 8.81. The van der Waals surface area contributed by atoms with Crippen molar-refractivity contribution < 1.29 is 0 Å². The highest BCUT2D eigenvalue weighted by atomic mass is 35.5. The third-order valence-electron chi connectivity index (χ3n) is 2.03. The van der Waals surface area contributed by atoms with E-state index in [0.29, 0.717) is 5.88 Å². The van der Waals surface area contributed by atoms with Crippen molar-refractivity contribution in [3.63, 3.8) is 0 Å². The first-order valence-electron chi connectivity index (χ1n) is 4.04. The van der Waals surface area contributed by atoms with Crippen LogP contribution in [-0.4, -0.2) is 15.7 Å². The molecule has 0 amide bonds. The molecule has 0 saturated carbocycles. The van der Waals surface area contributed by atoms with Gasteiger partial charge in [0.05, 0.1) is 5.69 Å². The van der Waals surface area contributed by atoms with E-state index in [0.717, 1.165) is 5.69 Å². The maximum atomic E-state index is 5.87. The van der Waals surface area contributed by atoms with E-state index in [1.165, 1.54) is 5.69 Å². The standard InChI is InChI=1S/C9H15ClN2/c1-7-5-8(12(4)11-7)9(2,3)6-10/h5H,6H2,1-4H3. The molecular weight excluding hydrogens is 172 g/mol. The van der Waals surface area contributed by atoms with E-state index in [1.807, 2.05) is 18.7 Å². The van der Waals surface area contributed by atoms with Crippen molar-refractivity contribution >= 4 is 11.6 Å². The monoisotopic (exact) mass is 186 g/mol. The van der Waals surface area contributed by atoms with Crippen LogP contribution in [0.5, 0.6) is 0 Å². The summed E-state index contributed by atoms with van der Waals surface area (Å²) in [6.07, 6.45) is 0. The third kappa shape index (κ3) is 1.63. The van der Waals surface area contributed by atoms with E-state index in [-0.39, 0.29) is 5.41 Å². The van der Waals surface area contributed by atoms with Crippen molar-refractivity contribution in [2.75, 3.05) is 5.88 Å². The van der Waals surface area contributed by atoms with Crippen LogP contribution in [0.2, 0.25) is 0 Å². The van der Waals surface area contributed by atoms with Crippen LogP contribution in [0.25, 0.3) is 0 Å². The molecule has 2 nitrogen and oxygen atoms in total. The van der Waals surface area contributed by atoms with E-state index in [4.69, 9.17) is 11.6 Å². The summed E-state index contributed by atoms with van der Waals surface area (Å²) in [6, 6.07) is 2.09. The van der Waals surface area contributed by atoms with Gasteiger partial charge in [-0.3, -0.25) is 4.68 Å². The molecule has 0 fully saturated rings. The van der Waals surface area contributed by atoms with Gasteiger partial charge >= 0.3 is 0 Å². The molecule has 0 aromatic carbocycles. The second-order valence-corrected chi connectivity index (χ2v) is 4.08. The summed E-state index contributed by atoms with van der Waals surface area (Å²) in [5.41, 5.74) is 2.25.